The molecule has 0 radical (unpaired) electrons. The predicted octanol–water partition coefficient (Wildman–Crippen LogP) is 2.17. The molecule has 0 atom stereocenters. The number of phenolic OH excluding ortho intramolecular Hbond substituents is 1. The van der Waals surface area contributed by atoms with Gasteiger partial charge in [-0.15, -0.1) is 0 Å². The van der Waals surface area contributed by atoms with Crippen LogP contribution in [0, 0.1) is 0 Å². The Morgan fingerprint density at radius 3 is 2.61 bits per heavy atom. The molecule has 1 aromatic carbocycles. The van der Waals surface area contributed by atoms with Crippen LogP contribution in [-0.4, -0.2) is 16.7 Å². The second-order valence-electron chi connectivity index (χ2n) is 4.35. The molecule has 0 bridgehead atoms. The molecule has 0 aliphatic heterocycles. The van der Waals surface area contributed by atoms with Gasteiger partial charge in [-0.25, -0.2) is 0 Å². The molecule has 0 heterocycles. The number of Topliss-reactive ketones (excluding diaryl/α,β-unsaturated/α-hetero) is 2. The number of ketones is 2. The van der Waals surface area contributed by atoms with Gasteiger partial charge < -0.3 is 10.8 Å². The first-order valence-corrected chi connectivity index (χ1v) is 5.98. The lowest BCUT2D eigenvalue weighted by molar-refractivity contribution is 0.0968. The van der Waals surface area contributed by atoms with E-state index in [1.807, 2.05) is 6.92 Å². The number of unbranched alkanes of at least 4 members (excludes halogenated alkanes) is 1. The molecule has 94 valence electrons. The summed E-state index contributed by atoms with van der Waals surface area (Å²) in [6.07, 6.45) is 2.23. The zero-order chi connectivity index (χ0) is 13.3. The number of phenols is 1. The van der Waals surface area contributed by atoms with Gasteiger partial charge in [0.25, 0.3) is 0 Å². The van der Waals surface area contributed by atoms with E-state index < -0.39 is 5.78 Å². The Balaban J connectivity index is 2.53. The van der Waals surface area contributed by atoms with Crippen molar-refractivity contribution in [1.29, 1.82) is 0 Å². The quantitative estimate of drug-likeness (QED) is 0.855. The molecular formula is C14H15NO3. The molecule has 2 rings (SSSR count). The van der Waals surface area contributed by atoms with Crippen LogP contribution >= 0.6 is 0 Å². The van der Waals surface area contributed by atoms with Gasteiger partial charge in [-0.3, -0.25) is 9.59 Å². The average molecular weight is 245 g/mol. The van der Waals surface area contributed by atoms with E-state index >= 15 is 0 Å². The smallest absolute Gasteiger partial charge is 0.213 e. The molecule has 1 aliphatic rings. The average Bonchev–Trinajstić information content (AvgIpc) is 2.36. The molecule has 0 saturated heterocycles. The lowest BCUT2D eigenvalue weighted by Gasteiger charge is -2.19. The Bertz CT molecular complexity index is 558. The third-order valence-electron chi connectivity index (χ3n) is 3.14. The van der Waals surface area contributed by atoms with Gasteiger partial charge in [-0.1, -0.05) is 25.5 Å². The lowest BCUT2D eigenvalue weighted by Crippen LogP contribution is -2.26. The van der Waals surface area contributed by atoms with Gasteiger partial charge in [0.1, 0.15) is 5.75 Å². The Hall–Kier alpha value is -2.10. The van der Waals surface area contributed by atoms with Crippen LogP contribution in [0.4, 0.5) is 0 Å². The first kappa shape index (κ1) is 12.4. The van der Waals surface area contributed by atoms with E-state index in [0.717, 1.165) is 12.8 Å². The molecule has 0 aromatic heterocycles. The first-order chi connectivity index (χ1) is 8.57. The summed E-state index contributed by atoms with van der Waals surface area (Å²) < 4.78 is 0. The Morgan fingerprint density at radius 1 is 1.22 bits per heavy atom. The molecule has 4 heteroatoms. The summed E-state index contributed by atoms with van der Waals surface area (Å²) in [7, 11) is 0. The van der Waals surface area contributed by atoms with Crippen molar-refractivity contribution in [1.82, 2.24) is 0 Å². The largest absolute Gasteiger partial charge is 0.507 e. The van der Waals surface area contributed by atoms with Crippen LogP contribution in [0.5, 0.6) is 5.75 Å². The van der Waals surface area contributed by atoms with E-state index in [2.05, 4.69) is 0 Å². The fourth-order valence-corrected chi connectivity index (χ4v) is 2.13. The van der Waals surface area contributed by atoms with Gasteiger partial charge in [-0.05, 0) is 18.9 Å². The molecule has 0 spiro atoms. The minimum absolute atomic E-state index is 0.0255. The maximum absolute atomic E-state index is 12.2. The van der Waals surface area contributed by atoms with Crippen LogP contribution in [0.1, 0.15) is 46.9 Å². The number of benzene rings is 1. The van der Waals surface area contributed by atoms with Crippen molar-refractivity contribution in [3.8, 4) is 5.75 Å². The van der Waals surface area contributed by atoms with Gasteiger partial charge in [-0.2, -0.15) is 0 Å². The fourth-order valence-electron chi connectivity index (χ4n) is 2.13. The summed E-state index contributed by atoms with van der Waals surface area (Å²) >= 11 is 0. The van der Waals surface area contributed by atoms with E-state index in [1.54, 1.807) is 12.1 Å². The predicted molar refractivity (Wildman–Crippen MR) is 67.5 cm³/mol. The number of allylic oxidation sites excluding steroid dienone is 2. The van der Waals surface area contributed by atoms with E-state index in [0.29, 0.717) is 12.0 Å². The summed E-state index contributed by atoms with van der Waals surface area (Å²) in [5.41, 5.74) is 6.36. The minimum Gasteiger partial charge on any atom is -0.507 e. The molecule has 18 heavy (non-hydrogen) atoms. The highest BCUT2D eigenvalue weighted by atomic mass is 16.3. The van der Waals surface area contributed by atoms with Gasteiger partial charge in [0.15, 0.2) is 5.78 Å². The molecule has 3 N–H and O–H groups in total. The summed E-state index contributed by atoms with van der Waals surface area (Å²) in [4.78, 5) is 24.3. The summed E-state index contributed by atoms with van der Waals surface area (Å²) in [6, 6.07) is 4.49. The topological polar surface area (TPSA) is 80.4 Å². The van der Waals surface area contributed by atoms with E-state index in [4.69, 9.17) is 5.73 Å². The number of hydrogen-bond acceptors (Lipinski definition) is 4. The molecule has 0 amide bonds. The minimum atomic E-state index is -0.450. The third kappa shape index (κ3) is 1.79. The Morgan fingerprint density at radius 2 is 1.94 bits per heavy atom. The van der Waals surface area contributed by atoms with Gasteiger partial charge in [0.2, 0.25) is 5.78 Å². The number of carbonyl (C=O) groups is 2. The van der Waals surface area contributed by atoms with Gasteiger partial charge in [0.05, 0.1) is 11.3 Å². The highest BCUT2D eigenvalue weighted by molar-refractivity contribution is 6.27. The molecule has 4 nitrogen and oxygen atoms in total. The molecule has 0 saturated carbocycles. The van der Waals surface area contributed by atoms with E-state index in [1.165, 1.54) is 6.07 Å². The van der Waals surface area contributed by atoms with Crippen LogP contribution in [-0.2, 0) is 0 Å². The summed E-state index contributed by atoms with van der Waals surface area (Å²) in [5.74, 6) is -0.886. The molecule has 0 unspecified atom stereocenters. The number of rotatable bonds is 3. The third-order valence-corrected chi connectivity index (χ3v) is 3.14. The van der Waals surface area contributed by atoms with E-state index in [-0.39, 0.29) is 28.4 Å². The Kier molecular flexibility index (Phi) is 3.19. The van der Waals surface area contributed by atoms with Crippen molar-refractivity contribution in [3.05, 3.63) is 40.6 Å². The van der Waals surface area contributed by atoms with Crippen LogP contribution in [0.2, 0.25) is 0 Å². The molecular weight excluding hydrogens is 230 g/mol. The van der Waals surface area contributed by atoms with Crippen LogP contribution < -0.4 is 5.73 Å². The van der Waals surface area contributed by atoms with Gasteiger partial charge in [0, 0.05) is 11.1 Å². The lowest BCUT2D eigenvalue weighted by atomic mass is 9.85. The zero-order valence-corrected chi connectivity index (χ0v) is 10.2. The highest BCUT2D eigenvalue weighted by Crippen LogP contribution is 2.31. The number of hydrogen-bond donors (Lipinski definition) is 2. The maximum atomic E-state index is 12.2. The fraction of sp³-hybridized carbons (Fsp3) is 0.286. The second kappa shape index (κ2) is 4.64. The van der Waals surface area contributed by atoms with Crippen molar-refractivity contribution in [2.75, 3.05) is 0 Å². The van der Waals surface area contributed by atoms with Crippen molar-refractivity contribution < 1.29 is 14.7 Å². The number of fused-ring (bicyclic) bond motifs is 1. The van der Waals surface area contributed by atoms with Crippen LogP contribution in [0.15, 0.2) is 29.5 Å². The SMILES string of the molecule is CCCCC1=C(N)C(=O)c2c(O)cccc2C1=O. The number of aromatic hydroxyl groups is 1. The standard InChI is InChI=1S/C14H15NO3/c1-2-3-5-9-12(15)14(18)11-8(13(9)17)6-4-7-10(11)16/h4,6-7,16H,2-3,5,15H2,1H3. The zero-order valence-electron chi connectivity index (χ0n) is 10.2. The van der Waals surface area contributed by atoms with Crippen molar-refractivity contribution in [2.24, 2.45) is 5.73 Å². The maximum Gasteiger partial charge on any atom is 0.213 e. The van der Waals surface area contributed by atoms with Crippen molar-refractivity contribution in [3.63, 3.8) is 0 Å². The number of carbonyl (C=O) groups excluding carboxylic acids is 2. The summed E-state index contributed by atoms with van der Waals surface area (Å²) in [6.45, 7) is 2.01. The van der Waals surface area contributed by atoms with Crippen molar-refractivity contribution in [2.45, 2.75) is 26.2 Å². The monoisotopic (exact) mass is 245 g/mol. The Labute approximate surface area is 105 Å². The first-order valence-electron chi connectivity index (χ1n) is 5.98. The molecule has 1 aromatic rings. The molecule has 0 fully saturated rings. The second-order valence-corrected chi connectivity index (χ2v) is 4.35. The molecule has 1 aliphatic carbocycles. The van der Waals surface area contributed by atoms with Gasteiger partial charge >= 0.3 is 0 Å². The normalized spacial score (nSPS) is 14.9. The summed E-state index contributed by atoms with van der Waals surface area (Å²) in [5, 5.41) is 9.67. The number of nitrogens with two attached hydrogens (primary N) is 1. The highest BCUT2D eigenvalue weighted by Gasteiger charge is 2.32. The van der Waals surface area contributed by atoms with E-state index in [9.17, 15) is 14.7 Å². The van der Waals surface area contributed by atoms with Crippen LogP contribution in [0.25, 0.3) is 0 Å². The van der Waals surface area contributed by atoms with Crippen LogP contribution in [0.3, 0.4) is 0 Å². The van der Waals surface area contributed by atoms with Crippen molar-refractivity contribution >= 4 is 11.6 Å².